The van der Waals surface area contributed by atoms with Gasteiger partial charge in [0.1, 0.15) is 5.69 Å². The SMILES string of the molecule is C=CCNc1nnc(C(C)(C)C)c(=O)[nH]1. The fourth-order valence-electron chi connectivity index (χ4n) is 1.08. The first-order valence-corrected chi connectivity index (χ1v) is 4.77. The molecule has 1 heterocycles. The lowest BCUT2D eigenvalue weighted by Crippen LogP contribution is -2.28. The second-order valence-corrected chi connectivity index (χ2v) is 4.27. The zero-order valence-electron chi connectivity index (χ0n) is 9.29. The van der Waals surface area contributed by atoms with Crippen molar-refractivity contribution in [1.82, 2.24) is 15.2 Å². The lowest BCUT2D eigenvalue weighted by Gasteiger charge is -2.15. The van der Waals surface area contributed by atoms with Crippen LogP contribution in [0.25, 0.3) is 0 Å². The van der Waals surface area contributed by atoms with Crippen molar-refractivity contribution in [2.75, 3.05) is 11.9 Å². The summed E-state index contributed by atoms with van der Waals surface area (Å²) in [5, 5.41) is 10.7. The second-order valence-electron chi connectivity index (χ2n) is 4.27. The maximum atomic E-state index is 11.6. The maximum absolute atomic E-state index is 11.6. The molecule has 0 spiro atoms. The molecule has 0 atom stereocenters. The highest BCUT2D eigenvalue weighted by Gasteiger charge is 2.20. The third-order valence-corrected chi connectivity index (χ3v) is 1.82. The van der Waals surface area contributed by atoms with E-state index in [0.717, 1.165) is 0 Å². The Morgan fingerprint density at radius 3 is 2.60 bits per heavy atom. The molecule has 0 aliphatic heterocycles. The van der Waals surface area contributed by atoms with E-state index in [0.29, 0.717) is 18.2 Å². The summed E-state index contributed by atoms with van der Waals surface area (Å²) in [5.41, 5.74) is -0.0620. The van der Waals surface area contributed by atoms with Crippen molar-refractivity contribution in [3.63, 3.8) is 0 Å². The van der Waals surface area contributed by atoms with E-state index in [4.69, 9.17) is 0 Å². The molecular formula is C10H16N4O. The first-order chi connectivity index (χ1) is 6.95. The van der Waals surface area contributed by atoms with Gasteiger partial charge in [-0.1, -0.05) is 26.8 Å². The van der Waals surface area contributed by atoms with E-state index < -0.39 is 0 Å². The van der Waals surface area contributed by atoms with Gasteiger partial charge >= 0.3 is 0 Å². The number of nitrogens with zero attached hydrogens (tertiary/aromatic N) is 2. The molecule has 1 rings (SSSR count). The summed E-state index contributed by atoms with van der Waals surface area (Å²) >= 11 is 0. The van der Waals surface area contributed by atoms with Crippen molar-refractivity contribution in [2.45, 2.75) is 26.2 Å². The van der Waals surface area contributed by atoms with E-state index in [1.165, 1.54) is 0 Å². The zero-order valence-corrected chi connectivity index (χ0v) is 9.29. The van der Waals surface area contributed by atoms with Gasteiger partial charge < -0.3 is 5.32 Å². The number of rotatable bonds is 3. The summed E-state index contributed by atoms with van der Waals surface area (Å²) in [4.78, 5) is 14.3. The van der Waals surface area contributed by atoms with Crippen LogP contribution in [0.15, 0.2) is 17.4 Å². The van der Waals surface area contributed by atoms with Crippen molar-refractivity contribution in [1.29, 1.82) is 0 Å². The molecule has 82 valence electrons. The molecule has 1 aromatic rings. The van der Waals surface area contributed by atoms with Crippen LogP contribution in [-0.4, -0.2) is 21.7 Å². The van der Waals surface area contributed by atoms with Gasteiger partial charge in [0, 0.05) is 12.0 Å². The van der Waals surface area contributed by atoms with E-state index in [-0.39, 0.29) is 11.0 Å². The standard InChI is InChI=1S/C10H16N4O/c1-5-6-11-9-12-8(15)7(13-14-9)10(2,3)4/h5H,1,6H2,2-4H3,(H2,11,12,14,15). The summed E-state index contributed by atoms with van der Waals surface area (Å²) < 4.78 is 0. The van der Waals surface area contributed by atoms with Crippen molar-refractivity contribution in [2.24, 2.45) is 0 Å². The van der Waals surface area contributed by atoms with Gasteiger partial charge in [0.05, 0.1) is 0 Å². The first-order valence-electron chi connectivity index (χ1n) is 4.77. The van der Waals surface area contributed by atoms with E-state index in [2.05, 4.69) is 27.1 Å². The quantitative estimate of drug-likeness (QED) is 0.729. The minimum atomic E-state index is -0.294. The van der Waals surface area contributed by atoms with Crippen molar-refractivity contribution < 1.29 is 0 Å². The normalized spacial score (nSPS) is 11.1. The Labute approximate surface area is 88.6 Å². The molecule has 0 fully saturated rings. The van der Waals surface area contributed by atoms with Crippen LogP contribution in [0.2, 0.25) is 0 Å². The number of aromatic nitrogens is 3. The van der Waals surface area contributed by atoms with E-state index in [1.807, 2.05) is 20.8 Å². The minimum absolute atomic E-state index is 0.205. The van der Waals surface area contributed by atoms with E-state index in [9.17, 15) is 4.79 Å². The van der Waals surface area contributed by atoms with Gasteiger partial charge in [-0.05, 0) is 0 Å². The number of anilines is 1. The fraction of sp³-hybridized carbons (Fsp3) is 0.500. The third kappa shape index (κ3) is 2.90. The van der Waals surface area contributed by atoms with Crippen LogP contribution >= 0.6 is 0 Å². The van der Waals surface area contributed by atoms with Crippen LogP contribution < -0.4 is 10.9 Å². The molecular weight excluding hydrogens is 192 g/mol. The van der Waals surface area contributed by atoms with Gasteiger partial charge in [0.25, 0.3) is 5.56 Å². The lowest BCUT2D eigenvalue weighted by atomic mass is 9.93. The van der Waals surface area contributed by atoms with E-state index in [1.54, 1.807) is 6.08 Å². The summed E-state index contributed by atoms with van der Waals surface area (Å²) in [7, 11) is 0. The Kier molecular flexibility index (Phi) is 3.24. The zero-order chi connectivity index (χ0) is 11.5. The highest BCUT2D eigenvalue weighted by molar-refractivity contribution is 5.23. The van der Waals surface area contributed by atoms with Crippen LogP contribution in [0, 0.1) is 0 Å². The number of aromatic amines is 1. The Bertz CT molecular complexity index is 403. The number of hydrogen-bond acceptors (Lipinski definition) is 4. The van der Waals surface area contributed by atoms with Gasteiger partial charge in [-0.2, -0.15) is 0 Å². The highest BCUT2D eigenvalue weighted by atomic mass is 16.1. The second kappa shape index (κ2) is 4.25. The predicted octanol–water partition coefficient (Wildman–Crippen LogP) is 1.06. The van der Waals surface area contributed by atoms with Crippen LogP contribution in [0.3, 0.4) is 0 Å². The van der Waals surface area contributed by atoms with Gasteiger partial charge in [-0.15, -0.1) is 16.8 Å². The Balaban J connectivity index is 2.99. The molecule has 0 amide bonds. The molecule has 0 aromatic carbocycles. The first kappa shape index (κ1) is 11.4. The van der Waals surface area contributed by atoms with Crippen LogP contribution in [0.4, 0.5) is 5.95 Å². The fourth-order valence-corrected chi connectivity index (χ4v) is 1.08. The predicted molar refractivity (Wildman–Crippen MR) is 60.0 cm³/mol. The van der Waals surface area contributed by atoms with Crippen molar-refractivity contribution in [3.05, 3.63) is 28.7 Å². The topological polar surface area (TPSA) is 70.7 Å². The summed E-state index contributed by atoms with van der Waals surface area (Å²) in [6.07, 6.45) is 1.68. The van der Waals surface area contributed by atoms with Crippen molar-refractivity contribution >= 4 is 5.95 Å². The Hall–Kier alpha value is -1.65. The summed E-state index contributed by atoms with van der Waals surface area (Å²) in [6.45, 7) is 9.85. The van der Waals surface area contributed by atoms with Crippen LogP contribution in [-0.2, 0) is 5.41 Å². The summed E-state index contributed by atoms with van der Waals surface area (Å²) in [5.74, 6) is 0.368. The molecule has 0 saturated heterocycles. The molecule has 2 N–H and O–H groups in total. The average molecular weight is 208 g/mol. The molecule has 0 aliphatic rings. The van der Waals surface area contributed by atoms with Gasteiger partial charge in [-0.3, -0.25) is 9.78 Å². The molecule has 15 heavy (non-hydrogen) atoms. The van der Waals surface area contributed by atoms with E-state index >= 15 is 0 Å². The van der Waals surface area contributed by atoms with Crippen molar-refractivity contribution in [3.8, 4) is 0 Å². The Morgan fingerprint density at radius 2 is 2.13 bits per heavy atom. The van der Waals surface area contributed by atoms with Crippen LogP contribution in [0.5, 0.6) is 0 Å². The minimum Gasteiger partial charge on any atom is -0.351 e. The molecule has 0 saturated carbocycles. The van der Waals surface area contributed by atoms with Gasteiger partial charge in [-0.25, -0.2) is 0 Å². The molecule has 5 heteroatoms. The number of nitrogens with one attached hydrogen (secondary N) is 2. The monoisotopic (exact) mass is 208 g/mol. The third-order valence-electron chi connectivity index (χ3n) is 1.82. The maximum Gasteiger partial charge on any atom is 0.274 e. The Morgan fingerprint density at radius 1 is 1.47 bits per heavy atom. The van der Waals surface area contributed by atoms with Gasteiger partial charge in [0.15, 0.2) is 0 Å². The molecule has 0 radical (unpaired) electrons. The molecule has 5 nitrogen and oxygen atoms in total. The molecule has 0 bridgehead atoms. The largest absolute Gasteiger partial charge is 0.351 e. The average Bonchev–Trinajstić information content (AvgIpc) is 2.12. The highest BCUT2D eigenvalue weighted by Crippen LogP contribution is 2.15. The molecule has 1 aromatic heterocycles. The van der Waals surface area contributed by atoms with Crippen LogP contribution in [0.1, 0.15) is 26.5 Å². The number of H-pyrrole nitrogens is 1. The number of hydrogen-bond donors (Lipinski definition) is 2. The summed E-state index contributed by atoms with van der Waals surface area (Å²) in [6, 6.07) is 0. The smallest absolute Gasteiger partial charge is 0.274 e. The molecule has 0 unspecified atom stereocenters. The molecule has 0 aliphatic carbocycles. The van der Waals surface area contributed by atoms with Gasteiger partial charge in [0.2, 0.25) is 5.95 Å². The lowest BCUT2D eigenvalue weighted by molar-refractivity contribution is 0.547.